The molecule has 0 spiro atoms. The Morgan fingerprint density at radius 1 is 0.722 bits per heavy atom. The van der Waals surface area contributed by atoms with E-state index in [2.05, 4.69) is 20.8 Å². The number of rotatable bonds is 5. The highest BCUT2D eigenvalue weighted by Crippen LogP contribution is 2.74. The first-order valence-corrected chi connectivity index (χ1v) is 13.9. The molecule has 2 aromatic carbocycles. The molecule has 0 saturated heterocycles. The Balaban J connectivity index is 1.45. The molecule has 36 heavy (non-hydrogen) atoms. The number of esters is 2. The lowest BCUT2D eigenvalue weighted by Gasteiger charge is -2.73. The summed E-state index contributed by atoms with van der Waals surface area (Å²) in [5.41, 5.74) is 0.726. The second-order valence-corrected chi connectivity index (χ2v) is 12.4. The molecule has 4 heteroatoms. The second-order valence-electron chi connectivity index (χ2n) is 12.4. The number of fused-ring (bicyclic) bond motifs is 4. The molecular formula is C32H38O4. The summed E-state index contributed by atoms with van der Waals surface area (Å²) in [6.07, 6.45) is 6.27. The third-order valence-electron chi connectivity index (χ3n) is 10.7. The molecule has 4 nitrogen and oxygen atoms in total. The van der Waals surface area contributed by atoms with Gasteiger partial charge in [-0.1, -0.05) is 57.2 Å². The summed E-state index contributed by atoms with van der Waals surface area (Å²) >= 11 is 0. The third-order valence-corrected chi connectivity index (χ3v) is 10.7. The molecule has 6 atom stereocenters. The van der Waals surface area contributed by atoms with Crippen molar-refractivity contribution >= 4 is 11.9 Å². The van der Waals surface area contributed by atoms with Crippen molar-refractivity contribution in [3.8, 4) is 0 Å². The fourth-order valence-corrected chi connectivity index (χ4v) is 9.17. The average Bonchev–Trinajstić information content (AvgIpc) is 2.92. The molecule has 0 N–H and O–H groups in total. The minimum atomic E-state index is -0.449. The number of ether oxygens (including phenoxy) is 2. The Hall–Kier alpha value is -2.62. The second kappa shape index (κ2) is 8.75. The fourth-order valence-electron chi connectivity index (χ4n) is 9.17. The Morgan fingerprint density at radius 3 is 1.69 bits per heavy atom. The first-order chi connectivity index (χ1) is 17.4. The molecule has 0 aromatic heterocycles. The number of carbonyl (C=O) groups excluding carboxylic acids is 2. The van der Waals surface area contributed by atoms with E-state index in [1.165, 1.54) is 25.7 Å². The van der Waals surface area contributed by atoms with Crippen LogP contribution < -0.4 is 0 Å². The SMILES string of the molecule is CC(C)C12CCC(C)(C(OC(=O)c3ccccc3)C1OC(=O)c1ccccc1)C1C3CCC(CC3)C12. The summed E-state index contributed by atoms with van der Waals surface area (Å²) in [5, 5.41) is 0. The van der Waals surface area contributed by atoms with Crippen molar-refractivity contribution in [2.24, 2.45) is 40.4 Å². The van der Waals surface area contributed by atoms with E-state index in [9.17, 15) is 9.59 Å². The van der Waals surface area contributed by atoms with Crippen LogP contribution in [0.5, 0.6) is 0 Å². The van der Waals surface area contributed by atoms with Crippen LogP contribution in [0.3, 0.4) is 0 Å². The molecule has 0 radical (unpaired) electrons. The van der Waals surface area contributed by atoms with Gasteiger partial charge in [-0.25, -0.2) is 9.59 Å². The Bertz CT molecular complexity index is 1120. The van der Waals surface area contributed by atoms with Gasteiger partial charge in [0.1, 0.15) is 12.2 Å². The van der Waals surface area contributed by atoms with Crippen molar-refractivity contribution in [3.63, 3.8) is 0 Å². The van der Waals surface area contributed by atoms with Crippen LogP contribution in [0, 0.1) is 40.4 Å². The molecule has 0 heterocycles. The van der Waals surface area contributed by atoms with Gasteiger partial charge < -0.3 is 9.47 Å². The molecule has 6 aliphatic rings. The van der Waals surface area contributed by atoms with Crippen molar-refractivity contribution in [3.05, 3.63) is 71.8 Å². The van der Waals surface area contributed by atoms with Crippen molar-refractivity contribution < 1.29 is 19.1 Å². The zero-order valence-corrected chi connectivity index (χ0v) is 21.7. The Morgan fingerprint density at radius 2 is 1.19 bits per heavy atom. The molecule has 8 rings (SSSR count). The van der Waals surface area contributed by atoms with Gasteiger partial charge in [0.25, 0.3) is 0 Å². The van der Waals surface area contributed by atoms with E-state index < -0.39 is 12.2 Å². The highest BCUT2D eigenvalue weighted by atomic mass is 16.6. The van der Waals surface area contributed by atoms with E-state index in [0.717, 1.165) is 12.8 Å². The van der Waals surface area contributed by atoms with Gasteiger partial charge >= 0.3 is 11.9 Å². The van der Waals surface area contributed by atoms with Gasteiger partial charge in [0, 0.05) is 10.8 Å². The van der Waals surface area contributed by atoms with Gasteiger partial charge in [-0.05, 0) is 92.4 Å². The lowest BCUT2D eigenvalue weighted by atomic mass is 9.33. The van der Waals surface area contributed by atoms with Gasteiger partial charge in [-0.2, -0.15) is 0 Å². The quantitative estimate of drug-likeness (QED) is 0.429. The first-order valence-electron chi connectivity index (χ1n) is 13.9. The smallest absolute Gasteiger partial charge is 0.338 e. The molecule has 190 valence electrons. The van der Waals surface area contributed by atoms with E-state index in [1.807, 2.05) is 48.5 Å². The van der Waals surface area contributed by atoms with Gasteiger partial charge in [0.05, 0.1) is 11.1 Å². The molecule has 6 unspecified atom stereocenters. The van der Waals surface area contributed by atoms with E-state index >= 15 is 0 Å². The van der Waals surface area contributed by atoms with Crippen LogP contribution in [0.15, 0.2) is 60.7 Å². The first kappa shape index (κ1) is 23.8. The predicted molar refractivity (Wildman–Crippen MR) is 138 cm³/mol. The maximum Gasteiger partial charge on any atom is 0.338 e. The van der Waals surface area contributed by atoms with Crippen LogP contribution >= 0.6 is 0 Å². The highest BCUT2D eigenvalue weighted by Gasteiger charge is 2.74. The van der Waals surface area contributed by atoms with Gasteiger partial charge in [-0.3, -0.25) is 0 Å². The normalized spacial score (nSPS) is 38.4. The van der Waals surface area contributed by atoms with Crippen LogP contribution in [0.2, 0.25) is 0 Å². The molecular weight excluding hydrogens is 448 g/mol. The molecule has 6 aliphatic carbocycles. The van der Waals surface area contributed by atoms with Gasteiger partial charge in [0.15, 0.2) is 0 Å². The number of carbonyl (C=O) groups is 2. The minimum absolute atomic E-state index is 0.182. The molecule has 6 fully saturated rings. The molecule has 0 aliphatic heterocycles. The largest absolute Gasteiger partial charge is 0.454 e. The van der Waals surface area contributed by atoms with E-state index in [-0.39, 0.29) is 22.8 Å². The van der Waals surface area contributed by atoms with Crippen molar-refractivity contribution in [2.45, 2.75) is 71.5 Å². The predicted octanol–water partition coefficient (Wildman–Crippen LogP) is 6.95. The van der Waals surface area contributed by atoms with E-state index in [4.69, 9.17) is 9.47 Å². The van der Waals surface area contributed by atoms with Crippen LogP contribution in [-0.4, -0.2) is 24.1 Å². The topological polar surface area (TPSA) is 52.6 Å². The van der Waals surface area contributed by atoms with Gasteiger partial charge in [0.2, 0.25) is 0 Å². The zero-order valence-electron chi connectivity index (χ0n) is 21.7. The van der Waals surface area contributed by atoms with E-state index in [1.54, 1.807) is 12.1 Å². The summed E-state index contributed by atoms with van der Waals surface area (Å²) < 4.78 is 13.0. The summed E-state index contributed by atoms with van der Waals surface area (Å²) in [7, 11) is 0. The van der Waals surface area contributed by atoms with Crippen LogP contribution in [-0.2, 0) is 9.47 Å². The van der Waals surface area contributed by atoms with Crippen molar-refractivity contribution in [2.75, 3.05) is 0 Å². The lowest BCUT2D eigenvalue weighted by Crippen LogP contribution is -2.74. The summed E-state index contributed by atoms with van der Waals surface area (Å²) in [6, 6.07) is 18.5. The monoisotopic (exact) mass is 486 g/mol. The summed E-state index contributed by atoms with van der Waals surface area (Å²) in [5.74, 6) is 2.07. The maximum atomic E-state index is 13.5. The molecule has 0 amide bonds. The van der Waals surface area contributed by atoms with Crippen LogP contribution in [0.4, 0.5) is 0 Å². The zero-order chi connectivity index (χ0) is 25.1. The fraction of sp³-hybridized carbons (Fsp3) is 0.562. The minimum Gasteiger partial charge on any atom is -0.454 e. The van der Waals surface area contributed by atoms with Crippen molar-refractivity contribution in [1.82, 2.24) is 0 Å². The van der Waals surface area contributed by atoms with Crippen molar-refractivity contribution in [1.29, 1.82) is 0 Å². The molecule has 6 saturated carbocycles. The standard InChI is InChI=1S/C32H38O4/c1-20(2)32-19-18-31(3,25-21-14-16-22(17-15-21)26(25)32)27(35-29(33)23-10-6-4-7-11-23)28(32)36-30(34)24-12-8-5-9-13-24/h4-13,20-22,25-28H,14-19H2,1-3H3. The average molecular weight is 487 g/mol. The number of hydrogen-bond acceptors (Lipinski definition) is 4. The molecule has 2 aromatic rings. The maximum absolute atomic E-state index is 13.5. The number of hydrogen-bond donors (Lipinski definition) is 0. The molecule has 4 bridgehead atoms. The Labute approximate surface area is 214 Å². The number of benzene rings is 2. The summed E-state index contributed by atoms with van der Waals surface area (Å²) in [6.45, 7) is 6.93. The highest BCUT2D eigenvalue weighted by molar-refractivity contribution is 5.90. The van der Waals surface area contributed by atoms with E-state index in [0.29, 0.717) is 40.7 Å². The van der Waals surface area contributed by atoms with Crippen LogP contribution in [0.25, 0.3) is 0 Å². The van der Waals surface area contributed by atoms with Crippen LogP contribution in [0.1, 0.15) is 80.0 Å². The summed E-state index contributed by atoms with van der Waals surface area (Å²) in [4.78, 5) is 27.0. The lowest BCUT2D eigenvalue weighted by molar-refractivity contribution is -0.302. The third kappa shape index (κ3) is 3.39. The van der Waals surface area contributed by atoms with Gasteiger partial charge in [-0.15, -0.1) is 0 Å². The Kier molecular flexibility index (Phi) is 5.77.